The Balaban J connectivity index is 2.51. The minimum absolute atomic E-state index is 0.443. The molecule has 0 amide bonds. The summed E-state index contributed by atoms with van der Waals surface area (Å²) in [6, 6.07) is 3.79. The molecule has 1 N–H and O–H groups in total. The highest BCUT2D eigenvalue weighted by Crippen LogP contribution is 2.23. The van der Waals surface area contributed by atoms with Crippen molar-refractivity contribution in [3.63, 3.8) is 0 Å². The second-order valence-corrected chi connectivity index (χ2v) is 5.70. The SMILES string of the molecule is CNc1nc(-c2ccc(Br)cn2)nc(COC)c1I. The third-order valence-corrected chi connectivity index (χ3v) is 4.00. The van der Waals surface area contributed by atoms with Crippen LogP contribution in [-0.4, -0.2) is 29.1 Å². The Morgan fingerprint density at radius 1 is 1.37 bits per heavy atom. The van der Waals surface area contributed by atoms with Gasteiger partial charge in [-0.25, -0.2) is 9.97 Å². The minimum Gasteiger partial charge on any atom is -0.378 e. The Morgan fingerprint density at radius 2 is 2.16 bits per heavy atom. The summed E-state index contributed by atoms with van der Waals surface area (Å²) in [7, 11) is 3.48. The lowest BCUT2D eigenvalue weighted by atomic mass is 10.3. The maximum absolute atomic E-state index is 5.17. The van der Waals surface area contributed by atoms with Gasteiger partial charge in [0, 0.05) is 24.8 Å². The van der Waals surface area contributed by atoms with Crippen LogP contribution in [0.25, 0.3) is 11.5 Å². The van der Waals surface area contributed by atoms with Gasteiger partial charge in [-0.3, -0.25) is 4.98 Å². The highest BCUT2D eigenvalue weighted by atomic mass is 127. The van der Waals surface area contributed by atoms with Crippen LogP contribution in [0.2, 0.25) is 0 Å². The number of hydrogen-bond donors (Lipinski definition) is 1. The van der Waals surface area contributed by atoms with Gasteiger partial charge < -0.3 is 10.1 Å². The molecule has 0 aromatic carbocycles. The fourth-order valence-corrected chi connectivity index (χ4v) is 2.42. The highest BCUT2D eigenvalue weighted by molar-refractivity contribution is 14.1. The van der Waals surface area contributed by atoms with E-state index in [0.717, 1.165) is 25.2 Å². The zero-order valence-corrected chi connectivity index (χ0v) is 14.2. The second kappa shape index (κ2) is 6.58. The van der Waals surface area contributed by atoms with Gasteiger partial charge in [-0.05, 0) is 50.7 Å². The number of pyridine rings is 1. The van der Waals surface area contributed by atoms with E-state index in [9.17, 15) is 0 Å². The first-order chi connectivity index (χ1) is 9.15. The Morgan fingerprint density at radius 3 is 2.74 bits per heavy atom. The molecule has 0 spiro atoms. The number of hydrogen-bond acceptors (Lipinski definition) is 5. The van der Waals surface area contributed by atoms with Crippen molar-refractivity contribution in [3.05, 3.63) is 32.1 Å². The third-order valence-electron chi connectivity index (χ3n) is 2.39. The number of ether oxygens (including phenoxy) is 1. The van der Waals surface area contributed by atoms with Gasteiger partial charge in [-0.2, -0.15) is 0 Å². The molecule has 0 saturated heterocycles. The molecule has 5 nitrogen and oxygen atoms in total. The molecular weight excluding hydrogens is 423 g/mol. The molecule has 100 valence electrons. The van der Waals surface area contributed by atoms with E-state index in [1.165, 1.54) is 0 Å². The van der Waals surface area contributed by atoms with Gasteiger partial charge in [0.25, 0.3) is 0 Å². The van der Waals surface area contributed by atoms with Gasteiger partial charge in [0.05, 0.1) is 15.9 Å². The van der Waals surface area contributed by atoms with Crippen molar-refractivity contribution < 1.29 is 4.74 Å². The topological polar surface area (TPSA) is 59.9 Å². The summed E-state index contributed by atoms with van der Waals surface area (Å²) in [6.07, 6.45) is 1.73. The summed E-state index contributed by atoms with van der Waals surface area (Å²) in [5.41, 5.74) is 1.58. The Bertz CT molecular complexity index is 577. The lowest BCUT2D eigenvalue weighted by Gasteiger charge is -2.10. The lowest BCUT2D eigenvalue weighted by Crippen LogP contribution is -2.06. The van der Waals surface area contributed by atoms with Crippen molar-refractivity contribution in [1.82, 2.24) is 15.0 Å². The molecule has 7 heteroatoms. The monoisotopic (exact) mass is 434 g/mol. The molecule has 0 aliphatic rings. The molecule has 19 heavy (non-hydrogen) atoms. The Hall–Kier alpha value is -0.800. The molecule has 0 saturated carbocycles. The van der Waals surface area contributed by atoms with Crippen LogP contribution >= 0.6 is 38.5 Å². The maximum atomic E-state index is 5.17. The smallest absolute Gasteiger partial charge is 0.180 e. The van der Waals surface area contributed by atoms with E-state index in [0.29, 0.717) is 12.4 Å². The number of nitrogens with one attached hydrogen (secondary N) is 1. The molecular formula is C12H12BrIN4O. The van der Waals surface area contributed by atoms with Crippen molar-refractivity contribution in [2.24, 2.45) is 0 Å². The fraction of sp³-hybridized carbons (Fsp3) is 0.250. The average molecular weight is 435 g/mol. The summed E-state index contributed by atoms with van der Waals surface area (Å²) in [4.78, 5) is 13.3. The first-order valence-corrected chi connectivity index (χ1v) is 7.38. The maximum Gasteiger partial charge on any atom is 0.180 e. The first kappa shape index (κ1) is 14.6. The van der Waals surface area contributed by atoms with Gasteiger partial charge in [0.15, 0.2) is 5.82 Å². The van der Waals surface area contributed by atoms with Crippen molar-refractivity contribution in [3.8, 4) is 11.5 Å². The summed E-state index contributed by atoms with van der Waals surface area (Å²) in [6.45, 7) is 0.443. The van der Waals surface area contributed by atoms with Gasteiger partial charge in [-0.15, -0.1) is 0 Å². The van der Waals surface area contributed by atoms with E-state index in [1.807, 2.05) is 19.2 Å². The number of aromatic nitrogens is 3. The predicted molar refractivity (Wildman–Crippen MR) is 85.9 cm³/mol. The molecule has 0 aliphatic carbocycles. The van der Waals surface area contributed by atoms with Gasteiger partial charge in [0.1, 0.15) is 11.5 Å². The molecule has 0 bridgehead atoms. The number of nitrogens with zero attached hydrogens (tertiary/aromatic N) is 3. The molecule has 2 heterocycles. The van der Waals surface area contributed by atoms with Crippen molar-refractivity contribution in [1.29, 1.82) is 0 Å². The molecule has 2 rings (SSSR count). The number of methoxy groups -OCH3 is 1. The molecule has 2 aromatic rings. The van der Waals surface area contributed by atoms with Crippen molar-refractivity contribution in [2.45, 2.75) is 6.61 Å². The van der Waals surface area contributed by atoms with Crippen LogP contribution in [0.1, 0.15) is 5.69 Å². The van der Waals surface area contributed by atoms with Crippen LogP contribution in [0.15, 0.2) is 22.8 Å². The summed E-state index contributed by atoms with van der Waals surface area (Å²) >= 11 is 5.57. The molecule has 0 unspecified atom stereocenters. The average Bonchev–Trinajstić information content (AvgIpc) is 2.42. The molecule has 2 aromatic heterocycles. The third kappa shape index (κ3) is 3.40. The van der Waals surface area contributed by atoms with Crippen LogP contribution in [0.4, 0.5) is 5.82 Å². The minimum atomic E-state index is 0.443. The fourth-order valence-electron chi connectivity index (χ4n) is 1.51. The number of rotatable bonds is 4. The molecule has 0 fully saturated rings. The van der Waals surface area contributed by atoms with Crippen LogP contribution in [0.3, 0.4) is 0 Å². The largest absolute Gasteiger partial charge is 0.378 e. The number of halogens is 2. The molecule has 0 atom stereocenters. The number of anilines is 1. The van der Waals surface area contributed by atoms with Gasteiger partial charge in [-0.1, -0.05) is 0 Å². The zero-order chi connectivity index (χ0) is 13.8. The molecule has 0 aliphatic heterocycles. The van der Waals surface area contributed by atoms with E-state index in [4.69, 9.17) is 4.74 Å². The summed E-state index contributed by atoms with van der Waals surface area (Å²) < 4.78 is 7.05. The summed E-state index contributed by atoms with van der Waals surface area (Å²) in [5, 5.41) is 3.06. The standard InChI is InChI=1S/C12H12BrIN4O/c1-15-12-10(14)9(6-19-2)17-11(18-12)8-4-3-7(13)5-16-8/h3-5H,6H2,1-2H3,(H,15,17,18). The van der Waals surface area contributed by atoms with Crippen LogP contribution in [-0.2, 0) is 11.3 Å². The van der Waals surface area contributed by atoms with Crippen molar-refractivity contribution >= 4 is 44.3 Å². The van der Waals surface area contributed by atoms with E-state index >= 15 is 0 Å². The van der Waals surface area contributed by atoms with E-state index in [1.54, 1.807) is 13.3 Å². The van der Waals surface area contributed by atoms with Crippen LogP contribution < -0.4 is 5.32 Å². The van der Waals surface area contributed by atoms with Gasteiger partial charge >= 0.3 is 0 Å². The predicted octanol–water partition coefficient (Wildman–Crippen LogP) is 3.09. The van der Waals surface area contributed by atoms with E-state index in [-0.39, 0.29) is 0 Å². The second-order valence-electron chi connectivity index (χ2n) is 3.70. The van der Waals surface area contributed by atoms with E-state index in [2.05, 4.69) is 58.8 Å². The Labute approximate surface area is 133 Å². The van der Waals surface area contributed by atoms with Crippen LogP contribution in [0.5, 0.6) is 0 Å². The van der Waals surface area contributed by atoms with E-state index < -0.39 is 0 Å². The Kier molecular flexibility index (Phi) is 5.06. The highest BCUT2D eigenvalue weighted by Gasteiger charge is 2.13. The van der Waals surface area contributed by atoms with Crippen LogP contribution in [0, 0.1) is 3.57 Å². The zero-order valence-electron chi connectivity index (χ0n) is 10.4. The van der Waals surface area contributed by atoms with Crippen molar-refractivity contribution in [2.75, 3.05) is 19.5 Å². The lowest BCUT2D eigenvalue weighted by molar-refractivity contribution is 0.181. The molecule has 0 radical (unpaired) electrons. The quantitative estimate of drug-likeness (QED) is 0.749. The van der Waals surface area contributed by atoms with Gasteiger partial charge in [0.2, 0.25) is 0 Å². The first-order valence-electron chi connectivity index (χ1n) is 5.50. The normalized spacial score (nSPS) is 10.5. The summed E-state index contributed by atoms with van der Waals surface area (Å²) in [5.74, 6) is 1.37.